The summed E-state index contributed by atoms with van der Waals surface area (Å²) in [5, 5.41) is 14.2. The van der Waals surface area contributed by atoms with Crippen molar-refractivity contribution in [2.24, 2.45) is 0 Å². The second-order valence-corrected chi connectivity index (χ2v) is 5.92. The minimum Gasteiger partial charge on any atom is -0.508 e. The fourth-order valence-electron chi connectivity index (χ4n) is 2.76. The number of nitrogens with zero attached hydrogens (tertiary/aromatic N) is 4. The van der Waals surface area contributed by atoms with Crippen molar-refractivity contribution in [3.05, 3.63) is 53.1 Å². The Bertz CT molecular complexity index is 952. The lowest BCUT2D eigenvalue weighted by Gasteiger charge is -2.19. The van der Waals surface area contributed by atoms with E-state index in [0.717, 1.165) is 0 Å². The van der Waals surface area contributed by atoms with Gasteiger partial charge >= 0.3 is 0 Å². The second-order valence-electron chi connectivity index (χ2n) is 5.92. The minimum atomic E-state index is -0.410. The van der Waals surface area contributed by atoms with Crippen LogP contribution in [0.15, 0.2) is 30.5 Å². The highest BCUT2D eigenvalue weighted by atomic mass is 19.1. The molecule has 0 spiro atoms. The van der Waals surface area contributed by atoms with Crippen molar-refractivity contribution in [3.63, 3.8) is 0 Å². The number of anilines is 1. The largest absolute Gasteiger partial charge is 0.508 e. The van der Waals surface area contributed by atoms with E-state index in [9.17, 15) is 14.3 Å². The van der Waals surface area contributed by atoms with Gasteiger partial charge in [0.25, 0.3) is 0 Å². The van der Waals surface area contributed by atoms with E-state index in [1.54, 1.807) is 42.6 Å². The summed E-state index contributed by atoms with van der Waals surface area (Å²) in [7, 11) is 1.79. The first-order valence-corrected chi connectivity index (χ1v) is 7.98. The van der Waals surface area contributed by atoms with Crippen molar-refractivity contribution in [1.82, 2.24) is 14.6 Å². The molecule has 2 heterocycles. The molecule has 0 bridgehead atoms. The predicted molar refractivity (Wildman–Crippen MR) is 92.5 cm³/mol. The van der Waals surface area contributed by atoms with Crippen LogP contribution < -0.4 is 4.90 Å². The molecule has 25 heavy (non-hydrogen) atoms. The molecule has 1 aromatic carbocycles. The Labute approximate surface area is 144 Å². The van der Waals surface area contributed by atoms with Crippen LogP contribution in [-0.2, 0) is 6.54 Å². The number of carbonyl (C=O) groups is 1. The van der Waals surface area contributed by atoms with Gasteiger partial charge in [0, 0.05) is 31.8 Å². The number of benzene rings is 1. The van der Waals surface area contributed by atoms with Crippen LogP contribution in [0.3, 0.4) is 0 Å². The first-order valence-electron chi connectivity index (χ1n) is 7.98. The van der Waals surface area contributed by atoms with Crippen LogP contribution in [0.1, 0.15) is 35.0 Å². The maximum absolute atomic E-state index is 13.4. The Morgan fingerprint density at radius 3 is 2.84 bits per heavy atom. The maximum Gasteiger partial charge on any atom is 0.168 e. The van der Waals surface area contributed by atoms with Crippen molar-refractivity contribution >= 4 is 17.2 Å². The highest BCUT2D eigenvalue weighted by molar-refractivity contribution is 6.02. The summed E-state index contributed by atoms with van der Waals surface area (Å²) in [6, 6.07) is 5.59. The third-order valence-electron chi connectivity index (χ3n) is 4.09. The first-order chi connectivity index (χ1) is 11.9. The standard InChI is InChI=1S/C18H19FN4O2/c1-4-14(24)17-11(2)21-23-8-7-16(20-18(17)23)22(3)10-12-9-13(19)5-6-15(12)25/h5-9,25H,4,10H2,1-3H3. The summed E-state index contributed by atoms with van der Waals surface area (Å²) in [5.41, 5.74) is 2.11. The van der Waals surface area contributed by atoms with Crippen LogP contribution in [0.5, 0.6) is 5.75 Å². The molecule has 3 rings (SSSR count). The molecule has 0 aliphatic carbocycles. The molecular weight excluding hydrogens is 323 g/mol. The summed E-state index contributed by atoms with van der Waals surface area (Å²) >= 11 is 0. The molecule has 0 aliphatic rings. The first kappa shape index (κ1) is 16.9. The molecule has 2 aromatic heterocycles. The third-order valence-corrected chi connectivity index (χ3v) is 4.09. The van der Waals surface area contributed by atoms with Crippen molar-refractivity contribution < 1.29 is 14.3 Å². The number of phenols is 1. The number of hydrogen-bond acceptors (Lipinski definition) is 5. The van der Waals surface area contributed by atoms with Crippen molar-refractivity contribution in [2.45, 2.75) is 26.8 Å². The predicted octanol–water partition coefficient (Wildman–Crippen LogP) is 3.11. The Balaban J connectivity index is 1.98. The van der Waals surface area contributed by atoms with Gasteiger partial charge in [-0.3, -0.25) is 4.79 Å². The molecule has 0 saturated heterocycles. The number of Topliss-reactive ketones (excluding diaryl/α,β-unsaturated/α-hetero) is 1. The van der Waals surface area contributed by atoms with Gasteiger partial charge in [-0.15, -0.1) is 0 Å². The smallest absolute Gasteiger partial charge is 0.168 e. The number of rotatable bonds is 5. The number of halogens is 1. The number of phenolic OH excluding ortho intramolecular Hbond substituents is 1. The SMILES string of the molecule is CCC(=O)c1c(C)nn2ccc(N(C)Cc3cc(F)ccc3O)nc12. The topological polar surface area (TPSA) is 70.7 Å². The molecular formula is C18H19FN4O2. The monoisotopic (exact) mass is 342 g/mol. The second kappa shape index (κ2) is 6.51. The average molecular weight is 342 g/mol. The number of aromatic nitrogens is 3. The molecule has 0 saturated carbocycles. The normalized spacial score (nSPS) is 11.0. The van der Waals surface area contributed by atoms with Gasteiger partial charge in [0.05, 0.1) is 11.3 Å². The molecule has 6 nitrogen and oxygen atoms in total. The molecule has 0 unspecified atom stereocenters. The highest BCUT2D eigenvalue weighted by Gasteiger charge is 2.18. The molecule has 0 aliphatic heterocycles. The van der Waals surface area contributed by atoms with E-state index in [-0.39, 0.29) is 18.1 Å². The van der Waals surface area contributed by atoms with E-state index in [1.165, 1.54) is 18.2 Å². The van der Waals surface area contributed by atoms with E-state index < -0.39 is 5.82 Å². The van der Waals surface area contributed by atoms with Gasteiger partial charge in [0.2, 0.25) is 0 Å². The van der Waals surface area contributed by atoms with E-state index >= 15 is 0 Å². The van der Waals surface area contributed by atoms with Gasteiger partial charge in [-0.05, 0) is 31.2 Å². The number of ketones is 1. The average Bonchev–Trinajstić information content (AvgIpc) is 2.92. The van der Waals surface area contributed by atoms with Crippen LogP contribution in [-0.4, -0.2) is 32.5 Å². The molecule has 0 radical (unpaired) electrons. The fraction of sp³-hybridized carbons (Fsp3) is 0.278. The number of hydrogen-bond donors (Lipinski definition) is 1. The van der Waals surface area contributed by atoms with Gasteiger partial charge in [-0.2, -0.15) is 5.10 Å². The number of fused-ring (bicyclic) bond motifs is 1. The molecule has 3 aromatic rings. The number of aromatic hydroxyl groups is 1. The van der Waals surface area contributed by atoms with E-state index in [1.807, 2.05) is 0 Å². The molecule has 130 valence electrons. The van der Waals surface area contributed by atoms with Gasteiger partial charge in [-0.1, -0.05) is 6.92 Å². The van der Waals surface area contributed by atoms with Crippen LogP contribution in [0, 0.1) is 12.7 Å². The van der Waals surface area contributed by atoms with Gasteiger partial charge in [0.15, 0.2) is 11.4 Å². The Morgan fingerprint density at radius 1 is 1.36 bits per heavy atom. The van der Waals surface area contributed by atoms with Gasteiger partial charge in [0.1, 0.15) is 17.4 Å². The van der Waals surface area contributed by atoms with Crippen LogP contribution in [0.4, 0.5) is 10.2 Å². The van der Waals surface area contributed by atoms with Crippen LogP contribution >= 0.6 is 0 Å². The molecule has 7 heteroatoms. The summed E-state index contributed by atoms with van der Waals surface area (Å²) in [6.07, 6.45) is 2.11. The van der Waals surface area contributed by atoms with Gasteiger partial charge < -0.3 is 10.0 Å². The van der Waals surface area contributed by atoms with E-state index in [4.69, 9.17) is 0 Å². The zero-order chi connectivity index (χ0) is 18.1. The lowest BCUT2D eigenvalue weighted by Crippen LogP contribution is -2.18. The molecule has 1 N–H and O–H groups in total. The lowest BCUT2D eigenvalue weighted by molar-refractivity contribution is 0.0989. The van der Waals surface area contributed by atoms with Crippen LogP contribution in [0.25, 0.3) is 5.65 Å². The molecule has 0 atom stereocenters. The van der Waals surface area contributed by atoms with Crippen molar-refractivity contribution in [3.8, 4) is 5.75 Å². The van der Waals surface area contributed by atoms with E-state index in [0.29, 0.717) is 34.7 Å². The quantitative estimate of drug-likeness (QED) is 0.722. The summed E-state index contributed by atoms with van der Waals surface area (Å²) in [4.78, 5) is 18.5. The molecule has 0 fully saturated rings. The minimum absolute atomic E-state index is 0.0115. The summed E-state index contributed by atoms with van der Waals surface area (Å²) in [5.74, 6) is 0.201. The highest BCUT2D eigenvalue weighted by Crippen LogP contribution is 2.23. The Kier molecular flexibility index (Phi) is 4.39. The zero-order valence-electron chi connectivity index (χ0n) is 14.3. The Morgan fingerprint density at radius 2 is 2.12 bits per heavy atom. The number of carbonyl (C=O) groups excluding carboxylic acids is 1. The van der Waals surface area contributed by atoms with Gasteiger partial charge in [-0.25, -0.2) is 13.9 Å². The third kappa shape index (κ3) is 3.17. The lowest BCUT2D eigenvalue weighted by atomic mass is 10.1. The Hall–Kier alpha value is -2.96. The molecule has 0 amide bonds. The zero-order valence-corrected chi connectivity index (χ0v) is 14.3. The summed E-state index contributed by atoms with van der Waals surface area (Å²) < 4.78 is 15.0. The van der Waals surface area contributed by atoms with Crippen molar-refractivity contribution in [2.75, 3.05) is 11.9 Å². The van der Waals surface area contributed by atoms with Crippen molar-refractivity contribution in [1.29, 1.82) is 0 Å². The van der Waals surface area contributed by atoms with Crippen LogP contribution in [0.2, 0.25) is 0 Å². The fourth-order valence-corrected chi connectivity index (χ4v) is 2.76. The summed E-state index contributed by atoms with van der Waals surface area (Å²) in [6.45, 7) is 3.86. The maximum atomic E-state index is 13.4. The van der Waals surface area contributed by atoms with E-state index in [2.05, 4.69) is 10.1 Å². The number of aryl methyl sites for hydroxylation is 1.